The molecule has 0 aliphatic carbocycles. The topological polar surface area (TPSA) is 46.2 Å². The van der Waals surface area contributed by atoms with Gasteiger partial charge in [-0.25, -0.2) is 0 Å². The zero-order chi connectivity index (χ0) is 11.8. The summed E-state index contributed by atoms with van der Waals surface area (Å²) in [6.45, 7) is 2.21. The maximum atomic E-state index is 9.93. The van der Waals surface area contributed by atoms with E-state index in [0.29, 0.717) is 0 Å². The van der Waals surface area contributed by atoms with Gasteiger partial charge in [0.25, 0.3) is 0 Å². The molecule has 0 saturated heterocycles. The average Bonchev–Trinajstić information content (AvgIpc) is 2.29. The van der Waals surface area contributed by atoms with Crippen LogP contribution >= 0.6 is 0 Å². The molecule has 1 unspecified atom stereocenters. The van der Waals surface area contributed by atoms with E-state index in [1.807, 2.05) is 24.3 Å². The normalized spacial score (nSPS) is 12.6. The lowest BCUT2D eigenvalue weighted by molar-refractivity contribution is 0.163. The Kier molecular flexibility index (Phi) is 5.94. The minimum atomic E-state index is -0.331. The van der Waals surface area contributed by atoms with Gasteiger partial charge in [-0.05, 0) is 24.1 Å². The van der Waals surface area contributed by atoms with Gasteiger partial charge in [-0.3, -0.25) is 0 Å². The van der Waals surface area contributed by atoms with Crippen molar-refractivity contribution in [3.05, 3.63) is 29.8 Å². The molecular weight excluding hydrogens is 198 g/mol. The lowest BCUT2D eigenvalue weighted by Crippen LogP contribution is -1.97. The van der Waals surface area contributed by atoms with Gasteiger partial charge in [0.1, 0.15) is 0 Å². The highest BCUT2D eigenvalue weighted by molar-refractivity contribution is 5.39. The maximum Gasteiger partial charge on any atom is 0.0790 e. The number of aliphatic hydroxyl groups is 1. The molecule has 0 fully saturated rings. The minimum absolute atomic E-state index is 0.331. The zero-order valence-electron chi connectivity index (χ0n) is 10.2. The van der Waals surface area contributed by atoms with Crippen molar-refractivity contribution in [1.29, 1.82) is 0 Å². The molecule has 0 saturated carbocycles. The monoisotopic (exact) mass is 221 g/mol. The SMILES string of the molecule is CCCCCCCC(O)c1ccc(N)cc1. The minimum Gasteiger partial charge on any atom is -0.399 e. The van der Waals surface area contributed by atoms with Crippen LogP contribution in [0.15, 0.2) is 24.3 Å². The van der Waals surface area contributed by atoms with Crippen molar-refractivity contribution in [2.45, 2.75) is 51.6 Å². The van der Waals surface area contributed by atoms with Crippen molar-refractivity contribution >= 4 is 5.69 Å². The number of nitrogen functional groups attached to an aromatic ring is 1. The number of rotatable bonds is 7. The fraction of sp³-hybridized carbons (Fsp3) is 0.571. The molecule has 0 amide bonds. The van der Waals surface area contributed by atoms with Crippen LogP contribution in [0, 0.1) is 0 Å². The highest BCUT2D eigenvalue weighted by Crippen LogP contribution is 2.20. The lowest BCUT2D eigenvalue weighted by Gasteiger charge is -2.10. The molecular formula is C14H23NO. The molecule has 1 atom stereocenters. The van der Waals surface area contributed by atoms with Gasteiger partial charge in [-0.1, -0.05) is 51.2 Å². The Morgan fingerprint density at radius 2 is 1.69 bits per heavy atom. The first kappa shape index (κ1) is 13.0. The summed E-state index contributed by atoms with van der Waals surface area (Å²) in [6.07, 6.45) is 6.70. The molecule has 0 bridgehead atoms. The molecule has 1 aromatic rings. The van der Waals surface area contributed by atoms with Gasteiger partial charge in [0, 0.05) is 5.69 Å². The molecule has 0 spiro atoms. The second-order valence-corrected chi connectivity index (χ2v) is 4.39. The van der Waals surface area contributed by atoms with Gasteiger partial charge in [-0.2, -0.15) is 0 Å². The van der Waals surface area contributed by atoms with Crippen LogP contribution in [0.5, 0.6) is 0 Å². The summed E-state index contributed by atoms with van der Waals surface area (Å²) in [5.41, 5.74) is 7.33. The van der Waals surface area contributed by atoms with Crippen LogP contribution in [0.3, 0.4) is 0 Å². The first-order valence-corrected chi connectivity index (χ1v) is 6.27. The lowest BCUT2D eigenvalue weighted by atomic mass is 10.0. The first-order chi connectivity index (χ1) is 7.74. The molecule has 0 aliphatic rings. The largest absolute Gasteiger partial charge is 0.399 e. The Morgan fingerprint density at radius 1 is 1.06 bits per heavy atom. The summed E-state index contributed by atoms with van der Waals surface area (Å²) >= 11 is 0. The van der Waals surface area contributed by atoms with Gasteiger partial charge < -0.3 is 10.8 Å². The van der Waals surface area contributed by atoms with Gasteiger partial charge >= 0.3 is 0 Å². The van der Waals surface area contributed by atoms with E-state index in [4.69, 9.17) is 5.73 Å². The number of benzene rings is 1. The van der Waals surface area contributed by atoms with Crippen molar-refractivity contribution in [2.24, 2.45) is 0 Å². The predicted octanol–water partition coefficient (Wildman–Crippen LogP) is 3.66. The highest BCUT2D eigenvalue weighted by atomic mass is 16.3. The van der Waals surface area contributed by atoms with E-state index in [9.17, 15) is 5.11 Å². The standard InChI is InChI=1S/C14H23NO/c1-2-3-4-5-6-7-14(16)12-8-10-13(15)11-9-12/h8-11,14,16H,2-7,15H2,1H3. The summed E-state index contributed by atoms with van der Waals surface area (Å²) in [7, 11) is 0. The van der Waals surface area contributed by atoms with E-state index in [1.165, 1.54) is 25.7 Å². The van der Waals surface area contributed by atoms with E-state index in [1.54, 1.807) is 0 Å². The summed E-state index contributed by atoms with van der Waals surface area (Å²) in [5.74, 6) is 0. The Bertz CT molecular complexity index is 281. The second kappa shape index (κ2) is 7.29. The van der Waals surface area contributed by atoms with Crippen LogP contribution in [0.2, 0.25) is 0 Å². The predicted molar refractivity (Wildman–Crippen MR) is 69.2 cm³/mol. The van der Waals surface area contributed by atoms with Gasteiger partial charge in [0.15, 0.2) is 0 Å². The number of unbranched alkanes of at least 4 members (excludes halogenated alkanes) is 4. The Morgan fingerprint density at radius 3 is 2.31 bits per heavy atom. The van der Waals surface area contributed by atoms with E-state index in [2.05, 4.69) is 6.92 Å². The third-order valence-corrected chi connectivity index (χ3v) is 2.90. The smallest absolute Gasteiger partial charge is 0.0790 e. The van der Waals surface area contributed by atoms with E-state index in [-0.39, 0.29) is 6.10 Å². The summed E-state index contributed by atoms with van der Waals surface area (Å²) in [6, 6.07) is 7.50. The van der Waals surface area contributed by atoms with Crippen LogP contribution in [0.4, 0.5) is 5.69 Å². The highest BCUT2D eigenvalue weighted by Gasteiger charge is 2.06. The van der Waals surface area contributed by atoms with Crippen molar-refractivity contribution < 1.29 is 5.11 Å². The fourth-order valence-electron chi connectivity index (χ4n) is 1.83. The van der Waals surface area contributed by atoms with Crippen molar-refractivity contribution in [3.63, 3.8) is 0 Å². The van der Waals surface area contributed by atoms with Crippen molar-refractivity contribution in [1.82, 2.24) is 0 Å². The van der Waals surface area contributed by atoms with Crippen LogP contribution in [-0.2, 0) is 0 Å². The van der Waals surface area contributed by atoms with Crippen LogP contribution < -0.4 is 5.73 Å². The number of aliphatic hydroxyl groups excluding tert-OH is 1. The fourth-order valence-corrected chi connectivity index (χ4v) is 1.83. The van der Waals surface area contributed by atoms with Crippen LogP contribution in [0.1, 0.15) is 57.1 Å². The molecule has 0 aliphatic heterocycles. The summed E-state index contributed by atoms with van der Waals surface area (Å²) < 4.78 is 0. The third-order valence-electron chi connectivity index (χ3n) is 2.90. The maximum absolute atomic E-state index is 9.93. The third kappa shape index (κ3) is 4.67. The Labute approximate surface area is 98.5 Å². The quantitative estimate of drug-likeness (QED) is 0.545. The van der Waals surface area contributed by atoms with Crippen LogP contribution in [-0.4, -0.2) is 5.11 Å². The summed E-state index contributed by atoms with van der Waals surface area (Å²) in [4.78, 5) is 0. The van der Waals surface area contributed by atoms with Crippen LogP contribution in [0.25, 0.3) is 0 Å². The average molecular weight is 221 g/mol. The Balaban J connectivity index is 2.24. The molecule has 0 radical (unpaired) electrons. The molecule has 1 rings (SSSR count). The van der Waals surface area contributed by atoms with E-state index >= 15 is 0 Å². The van der Waals surface area contributed by atoms with Crippen molar-refractivity contribution in [2.75, 3.05) is 5.73 Å². The molecule has 16 heavy (non-hydrogen) atoms. The molecule has 90 valence electrons. The Hall–Kier alpha value is -1.02. The molecule has 3 N–H and O–H groups in total. The molecule has 2 heteroatoms. The molecule has 0 heterocycles. The van der Waals surface area contributed by atoms with E-state index < -0.39 is 0 Å². The first-order valence-electron chi connectivity index (χ1n) is 6.27. The number of nitrogens with two attached hydrogens (primary N) is 1. The summed E-state index contributed by atoms with van der Waals surface area (Å²) in [5, 5.41) is 9.93. The molecule has 0 aromatic heterocycles. The zero-order valence-corrected chi connectivity index (χ0v) is 10.2. The second-order valence-electron chi connectivity index (χ2n) is 4.39. The number of hydrogen-bond donors (Lipinski definition) is 2. The molecule has 1 aromatic carbocycles. The number of hydrogen-bond acceptors (Lipinski definition) is 2. The van der Waals surface area contributed by atoms with Crippen molar-refractivity contribution in [3.8, 4) is 0 Å². The van der Waals surface area contributed by atoms with E-state index in [0.717, 1.165) is 24.1 Å². The molecule has 2 nitrogen and oxygen atoms in total. The van der Waals surface area contributed by atoms with Gasteiger partial charge in [0.05, 0.1) is 6.10 Å². The van der Waals surface area contributed by atoms with Gasteiger partial charge in [0.2, 0.25) is 0 Å². The van der Waals surface area contributed by atoms with Gasteiger partial charge in [-0.15, -0.1) is 0 Å². The number of anilines is 1.